The Hall–Kier alpha value is -2.42. The van der Waals surface area contributed by atoms with Crippen LogP contribution in [-0.2, 0) is 6.42 Å². The molecule has 20 heavy (non-hydrogen) atoms. The van der Waals surface area contributed by atoms with Gasteiger partial charge in [-0.2, -0.15) is 9.37 Å². The lowest BCUT2D eigenvalue weighted by Crippen LogP contribution is -2.11. The lowest BCUT2D eigenvalue weighted by atomic mass is 10.1. The van der Waals surface area contributed by atoms with Gasteiger partial charge in [-0.3, -0.25) is 10.1 Å². The average molecular weight is 284 g/mol. The third-order valence-corrected chi connectivity index (χ3v) is 2.55. The molecule has 9 heteroatoms. The van der Waals surface area contributed by atoms with Crippen molar-refractivity contribution >= 4 is 5.69 Å². The van der Waals surface area contributed by atoms with E-state index in [2.05, 4.69) is 15.5 Å². The molecule has 0 unspecified atom stereocenters. The number of nitrogens with one attached hydrogen (secondary N) is 1. The van der Waals surface area contributed by atoms with Crippen molar-refractivity contribution in [1.82, 2.24) is 15.5 Å². The van der Waals surface area contributed by atoms with Crippen LogP contribution in [0.4, 0.5) is 14.5 Å². The van der Waals surface area contributed by atoms with Crippen molar-refractivity contribution in [2.24, 2.45) is 0 Å². The molecule has 0 aliphatic heterocycles. The first-order chi connectivity index (χ1) is 9.54. The summed E-state index contributed by atoms with van der Waals surface area (Å²) >= 11 is 0. The zero-order valence-electron chi connectivity index (χ0n) is 10.4. The normalized spacial score (nSPS) is 10.8. The first-order valence-corrected chi connectivity index (χ1v) is 5.64. The molecule has 0 atom stereocenters. The van der Waals surface area contributed by atoms with Crippen LogP contribution >= 0.6 is 0 Å². The summed E-state index contributed by atoms with van der Waals surface area (Å²) in [4.78, 5) is 13.5. The second-order valence-corrected chi connectivity index (χ2v) is 3.88. The third kappa shape index (κ3) is 2.62. The molecule has 0 bridgehead atoms. The van der Waals surface area contributed by atoms with Crippen LogP contribution in [0.25, 0.3) is 11.5 Å². The first-order valence-electron chi connectivity index (χ1n) is 5.64. The van der Waals surface area contributed by atoms with Crippen molar-refractivity contribution in [1.29, 1.82) is 0 Å². The highest BCUT2D eigenvalue weighted by molar-refractivity contribution is 5.60. The number of nitro groups is 1. The van der Waals surface area contributed by atoms with Gasteiger partial charge in [0, 0.05) is 19.0 Å². The molecule has 0 aliphatic rings. The fraction of sp³-hybridized carbons (Fsp3) is 0.273. The van der Waals surface area contributed by atoms with Crippen molar-refractivity contribution in [2.75, 3.05) is 13.6 Å². The van der Waals surface area contributed by atoms with Crippen molar-refractivity contribution in [3.63, 3.8) is 0 Å². The summed E-state index contributed by atoms with van der Waals surface area (Å²) in [6.07, 6.45) is 0.401. The van der Waals surface area contributed by atoms with E-state index in [4.69, 9.17) is 4.52 Å². The second-order valence-electron chi connectivity index (χ2n) is 3.88. The molecular formula is C11H10F2N4O3. The van der Waals surface area contributed by atoms with Gasteiger partial charge in [0.25, 0.3) is 5.89 Å². The monoisotopic (exact) mass is 284 g/mol. The molecule has 2 rings (SSSR count). The summed E-state index contributed by atoms with van der Waals surface area (Å²) in [6.45, 7) is 0.554. The van der Waals surface area contributed by atoms with E-state index in [-0.39, 0.29) is 5.82 Å². The minimum Gasteiger partial charge on any atom is -0.334 e. The van der Waals surface area contributed by atoms with E-state index >= 15 is 0 Å². The standard InChI is InChI=1S/C11H10F2N4O3/c1-14-5-4-8-15-11(20-16-8)9-6(12)2-3-7(10(9)13)17(18)19/h2-3,14H,4-5H2,1H3. The molecule has 7 nitrogen and oxygen atoms in total. The summed E-state index contributed by atoms with van der Waals surface area (Å²) < 4.78 is 32.3. The molecule has 0 fully saturated rings. The Labute approximate surface area is 111 Å². The molecule has 1 N–H and O–H groups in total. The minimum atomic E-state index is -1.33. The van der Waals surface area contributed by atoms with Crippen LogP contribution in [0.15, 0.2) is 16.7 Å². The van der Waals surface area contributed by atoms with E-state index < -0.39 is 33.7 Å². The molecule has 1 aromatic heterocycles. The van der Waals surface area contributed by atoms with Crippen LogP contribution < -0.4 is 5.32 Å². The van der Waals surface area contributed by atoms with Crippen LogP contribution in [0, 0.1) is 21.7 Å². The Morgan fingerprint density at radius 1 is 1.45 bits per heavy atom. The Morgan fingerprint density at radius 3 is 2.85 bits per heavy atom. The number of aromatic nitrogens is 2. The van der Waals surface area contributed by atoms with Gasteiger partial charge in [-0.25, -0.2) is 4.39 Å². The van der Waals surface area contributed by atoms with Gasteiger partial charge >= 0.3 is 5.69 Å². The summed E-state index contributed by atoms with van der Waals surface area (Å²) in [7, 11) is 1.72. The largest absolute Gasteiger partial charge is 0.334 e. The van der Waals surface area contributed by atoms with Gasteiger partial charge in [-0.05, 0) is 13.1 Å². The van der Waals surface area contributed by atoms with E-state index in [1.807, 2.05) is 0 Å². The van der Waals surface area contributed by atoms with Crippen LogP contribution in [0.1, 0.15) is 5.82 Å². The smallest absolute Gasteiger partial charge is 0.305 e. The van der Waals surface area contributed by atoms with Gasteiger partial charge in [-0.15, -0.1) is 0 Å². The quantitative estimate of drug-likeness (QED) is 0.663. The Kier molecular flexibility index (Phi) is 3.99. The maximum absolute atomic E-state index is 13.9. The first kappa shape index (κ1) is 14.0. The number of nitrogens with zero attached hydrogens (tertiary/aromatic N) is 3. The predicted molar refractivity (Wildman–Crippen MR) is 63.9 cm³/mol. The van der Waals surface area contributed by atoms with Crippen molar-refractivity contribution < 1.29 is 18.2 Å². The number of nitro benzene ring substituents is 1. The highest BCUT2D eigenvalue weighted by Crippen LogP contribution is 2.30. The Morgan fingerprint density at radius 2 is 2.20 bits per heavy atom. The summed E-state index contributed by atoms with van der Waals surface area (Å²) in [5.41, 5.74) is -1.54. The topological polar surface area (TPSA) is 94.1 Å². The summed E-state index contributed by atoms with van der Waals surface area (Å²) in [5, 5.41) is 17.0. The molecule has 1 aromatic carbocycles. The second kappa shape index (κ2) is 5.70. The van der Waals surface area contributed by atoms with Crippen molar-refractivity contribution in [3.8, 4) is 11.5 Å². The number of likely N-dealkylation sites (N-methyl/N-ethyl adjacent to an activating group) is 1. The SMILES string of the molecule is CNCCc1noc(-c2c(F)ccc([N+](=O)[O-])c2F)n1. The summed E-state index contributed by atoms with van der Waals surface area (Å²) in [6, 6.07) is 1.53. The van der Waals surface area contributed by atoms with Gasteiger partial charge in [0.1, 0.15) is 11.4 Å². The predicted octanol–water partition coefficient (Wildman–Crippen LogP) is 1.68. The fourth-order valence-electron chi connectivity index (χ4n) is 1.57. The van der Waals surface area contributed by atoms with Gasteiger partial charge in [0.15, 0.2) is 5.82 Å². The Balaban J connectivity index is 2.44. The molecule has 2 aromatic rings. The minimum absolute atomic E-state index is 0.250. The van der Waals surface area contributed by atoms with E-state index in [1.165, 1.54) is 0 Å². The number of hydrogen-bond donors (Lipinski definition) is 1. The molecule has 0 amide bonds. The van der Waals surface area contributed by atoms with Gasteiger partial charge in [-0.1, -0.05) is 5.16 Å². The molecule has 0 aliphatic carbocycles. The zero-order chi connectivity index (χ0) is 14.7. The molecule has 0 saturated heterocycles. The van der Waals surface area contributed by atoms with E-state index in [0.717, 1.165) is 12.1 Å². The molecular weight excluding hydrogens is 274 g/mol. The van der Waals surface area contributed by atoms with E-state index in [9.17, 15) is 18.9 Å². The molecule has 0 radical (unpaired) electrons. The van der Waals surface area contributed by atoms with Gasteiger partial charge in [0.2, 0.25) is 5.82 Å². The number of halogens is 2. The van der Waals surface area contributed by atoms with Crippen LogP contribution in [0.2, 0.25) is 0 Å². The van der Waals surface area contributed by atoms with Crippen molar-refractivity contribution in [2.45, 2.75) is 6.42 Å². The maximum Gasteiger partial charge on any atom is 0.305 e. The fourth-order valence-corrected chi connectivity index (χ4v) is 1.57. The van der Waals surface area contributed by atoms with Crippen LogP contribution in [0.5, 0.6) is 0 Å². The number of rotatable bonds is 5. The molecule has 0 spiro atoms. The Bertz CT molecular complexity index is 645. The van der Waals surface area contributed by atoms with E-state index in [0.29, 0.717) is 13.0 Å². The number of hydrogen-bond acceptors (Lipinski definition) is 6. The summed E-state index contributed by atoms with van der Waals surface area (Å²) in [5.74, 6) is -2.51. The lowest BCUT2D eigenvalue weighted by molar-refractivity contribution is -0.387. The average Bonchev–Trinajstić information content (AvgIpc) is 2.84. The van der Waals surface area contributed by atoms with Gasteiger partial charge in [0.05, 0.1) is 4.92 Å². The van der Waals surface area contributed by atoms with Crippen molar-refractivity contribution in [3.05, 3.63) is 39.7 Å². The van der Waals surface area contributed by atoms with E-state index in [1.54, 1.807) is 7.05 Å². The molecule has 0 saturated carbocycles. The maximum atomic E-state index is 13.9. The van der Waals surface area contributed by atoms with Crippen LogP contribution in [-0.4, -0.2) is 28.7 Å². The molecule has 1 heterocycles. The van der Waals surface area contributed by atoms with Crippen LogP contribution in [0.3, 0.4) is 0 Å². The highest BCUT2D eigenvalue weighted by Gasteiger charge is 2.26. The van der Waals surface area contributed by atoms with Gasteiger partial charge < -0.3 is 9.84 Å². The lowest BCUT2D eigenvalue weighted by Gasteiger charge is -2.00. The number of benzene rings is 1. The third-order valence-electron chi connectivity index (χ3n) is 2.55. The molecule has 106 valence electrons. The zero-order valence-corrected chi connectivity index (χ0v) is 10.4. The highest BCUT2D eigenvalue weighted by atomic mass is 19.1.